The lowest BCUT2D eigenvalue weighted by molar-refractivity contribution is 0.680. The first-order valence-corrected chi connectivity index (χ1v) is 6.06. The molecule has 0 fully saturated rings. The van der Waals surface area contributed by atoms with Gasteiger partial charge in [0.15, 0.2) is 0 Å². The van der Waals surface area contributed by atoms with E-state index in [0.717, 1.165) is 11.3 Å². The third kappa shape index (κ3) is 3.43. The molecule has 1 heterocycles. The van der Waals surface area contributed by atoms with E-state index in [1.54, 1.807) is 6.20 Å². The molecule has 88 valence electrons. The van der Waals surface area contributed by atoms with Crippen molar-refractivity contribution in [3.63, 3.8) is 0 Å². The standard InChI is InChI=1S/C13H12Cl2N2/c14-12-5-3-6-13(15)11(12)9-16-8-10-4-1-2-7-17-10/h1-7,16H,8-9H2. The van der Waals surface area contributed by atoms with Gasteiger partial charge >= 0.3 is 0 Å². The molecule has 0 saturated carbocycles. The third-order valence-corrected chi connectivity index (χ3v) is 3.10. The molecule has 0 saturated heterocycles. The average Bonchev–Trinajstić information content (AvgIpc) is 2.34. The zero-order valence-corrected chi connectivity index (χ0v) is 10.7. The Labute approximate surface area is 111 Å². The Hall–Kier alpha value is -1.09. The Morgan fingerprint density at radius 1 is 0.941 bits per heavy atom. The summed E-state index contributed by atoms with van der Waals surface area (Å²) in [5.74, 6) is 0. The summed E-state index contributed by atoms with van der Waals surface area (Å²) >= 11 is 12.1. The fourth-order valence-corrected chi connectivity index (χ4v) is 2.05. The number of halogens is 2. The van der Waals surface area contributed by atoms with Crippen LogP contribution in [0.3, 0.4) is 0 Å². The van der Waals surface area contributed by atoms with E-state index in [-0.39, 0.29) is 0 Å². The Morgan fingerprint density at radius 2 is 1.71 bits per heavy atom. The molecular weight excluding hydrogens is 255 g/mol. The molecule has 1 aromatic heterocycles. The van der Waals surface area contributed by atoms with Crippen LogP contribution in [0.15, 0.2) is 42.6 Å². The number of pyridine rings is 1. The van der Waals surface area contributed by atoms with Crippen LogP contribution in [0.25, 0.3) is 0 Å². The van der Waals surface area contributed by atoms with Gasteiger partial charge in [0, 0.05) is 34.9 Å². The van der Waals surface area contributed by atoms with Crippen LogP contribution in [-0.2, 0) is 13.1 Å². The minimum absolute atomic E-state index is 0.634. The number of rotatable bonds is 4. The molecule has 1 aromatic carbocycles. The minimum atomic E-state index is 0.634. The van der Waals surface area contributed by atoms with Crippen molar-refractivity contribution in [3.8, 4) is 0 Å². The van der Waals surface area contributed by atoms with Gasteiger partial charge in [0.05, 0.1) is 5.69 Å². The molecule has 0 aliphatic heterocycles. The molecule has 17 heavy (non-hydrogen) atoms. The molecule has 0 radical (unpaired) electrons. The lowest BCUT2D eigenvalue weighted by atomic mass is 10.2. The lowest BCUT2D eigenvalue weighted by Gasteiger charge is -2.08. The summed E-state index contributed by atoms with van der Waals surface area (Å²) < 4.78 is 0. The second kappa shape index (κ2) is 6.01. The van der Waals surface area contributed by atoms with Gasteiger partial charge in [-0.2, -0.15) is 0 Å². The van der Waals surface area contributed by atoms with Gasteiger partial charge in [-0.25, -0.2) is 0 Å². The van der Waals surface area contributed by atoms with Crippen LogP contribution in [-0.4, -0.2) is 4.98 Å². The quantitative estimate of drug-likeness (QED) is 0.914. The summed E-state index contributed by atoms with van der Waals surface area (Å²) in [6, 6.07) is 11.4. The van der Waals surface area contributed by atoms with E-state index in [1.165, 1.54) is 0 Å². The second-order valence-corrected chi connectivity index (χ2v) is 4.44. The van der Waals surface area contributed by atoms with Gasteiger partial charge in [0.1, 0.15) is 0 Å². The maximum atomic E-state index is 6.07. The van der Waals surface area contributed by atoms with Gasteiger partial charge in [0.2, 0.25) is 0 Å². The average molecular weight is 267 g/mol. The van der Waals surface area contributed by atoms with E-state index in [1.807, 2.05) is 36.4 Å². The van der Waals surface area contributed by atoms with Gasteiger partial charge in [0.25, 0.3) is 0 Å². The largest absolute Gasteiger partial charge is 0.307 e. The van der Waals surface area contributed by atoms with E-state index < -0.39 is 0 Å². The van der Waals surface area contributed by atoms with Gasteiger partial charge in [-0.05, 0) is 24.3 Å². The van der Waals surface area contributed by atoms with Crippen molar-refractivity contribution in [2.45, 2.75) is 13.1 Å². The molecule has 2 nitrogen and oxygen atoms in total. The second-order valence-electron chi connectivity index (χ2n) is 3.62. The maximum Gasteiger partial charge on any atom is 0.0541 e. The van der Waals surface area contributed by atoms with Gasteiger partial charge in [-0.15, -0.1) is 0 Å². The summed E-state index contributed by atoms with van der Waals surface area (Å²) in [4.78, 5) is 4.23. The van der Waals surface area contributed by atoms with E-state index in [2.05, 4.69) is 10.3 Å². The Bertz CT molecular complexity index is 466. The molecule has 0 spiro atoms. The molecule has 2 aromatic rings. The molecular formula is C13H12Cl2N2. The Kier molecular flexibility index (Phi) is 4.37. The van der Waals surface area contributed by atoms with Crippen LogP contribution in [0.1, 0.15) is 11.3 Å². The highest BCUT2D eigenvalue weighted by Crippen LogP contribution is 2.23. The fourth-order valence-electron chi connectivity index (χ4n) is 1.52. The molecule has 0 aliphatic carbocycles. The predicted octanol–water partition coefficient (Wildman–Crippen LogP) is 3.68. The minimum Gasteiger partial charge on any atom is -0.307 e. The zero-order valence-electron chi connectivity index (χ0n) is 9.16. The number of aromatic nitrogens is 1. The van der Waals surface area contributed by atoms with Crippen molar-refractivity contribution in [2.75, 3.05) is 0 Å². The summed E-state index contributed by atoms with van der Waals surface area (Å²) in [7, 11) is 0. The SMILES string of the molecule is Clc1cccc(Cl)c1CNCc1ccccn1. The first-order chi connectivity index (χ1) is 8.27. The number of benzene rings is 1. The highest BCUT2D eigenvalue weighted by Gasteiger charge is 2.04. The first-order valence-electron chi connectivity index (χ1n) is 5.31. The van der Waals surface area contributed by atoms with Crippen molar-refractivity contribution >= 4 is 23.2 Å². The molecule has 0 amide bonds. The normalized spacial score (nSPS) is 10.5. The number of hydrogen-bond donors (Lipinski definition) is 1. The zero-order chi connectivity index (χ0) is 12.1. The molecule has 1 N–H and O–H groups in total. The highest BCUT2D eigenvalue weighted by molar-refractivity contribution is 6.35. The van der Waals surface area contributed by atoms with Crippen molar-refractivity contribution in [3.05, 3.63) is 63.9 Å². The van der Waals surface area contributed by atoms with Crippen molar-refractivity contribution in [1.29, 1.82) is 0 Å². The maximum absolute atomic E-state index is 6.07. The van der Waals surface area contributed by atoms with Crippen LogP contribution in [0.4, 0.5) is 0 Å². The van der Waals surface area contributed by atoms with Crippen molar-refractivity contribution < 1.29 is 0 Å². The number of nitrogens with one attached hydrogen (secondary N) is 1. The van der Waals surface area contributed by atoms with Crippen molar-refractivity contribution in [1.82, 2.24) is 10.3 Å². The summed E-state index contributed by atoms with van der Waals surface area (Å²) in [5.41, 5.74) is 1.92. The molecule has 0 unspecified atom stereocenters. The van der Waals surface area contributed by atoms with Crippen LogP contribution in [0.5, 0.6) is 0 Å². The monoisotopic (exact) mass is 266 g/mol. The smallest absolute Gasteiger partial charge is 0.0541 e. The van der Waals surface area contributed by atoms with Crippen molar-refractivity contribution in [2.24, 2.45) is 0 Å². The Balaban J connectivity index is 1.95. The summed E-state index contributed by atoms with van der Waals surface area (Å²) in [6.45, 7) is 1.33. The predicted molar refractivity (Wildman–Crippen MR) is 71.2 cm³/mol. The van der Waals surface area contributed by atoms with Gasteiger partial charge in [-0.3, -0.25) is 4.98 Å². The Morgan fingerprint density at radius 3 is 2.35 bits per heavy atom. The van der Waals surface area contributed by atoms with E-state index in [9.17, 15) is 0 Å². The van der Waals surface area contributed by atoms with E-state index in [4.69, 9.17) is 23.2 Å². The summed E-state index contributed by atoms with van der Waals surface area (Å²) in [5, 5.41) is 4.64. The molecule has 0 aliphatic rings. The topological polar surface area (TPSA) is 24.9 Å². The molecule has 0 bridgehead atoms. The van der Waals surface area contributed by atoms with E-state index in [0.29, 0.717) is 23.1 Å². The number of nitrogens with zero attached hydrogens (tertiary/aromatic N) is 1. The third-order valence-electron chi connectivity index (χ3n) is 2.40. The molecule has 4 heteroatoms. The summed E-state index contributed by atoms with van der Waals surface area (Å²) in [6.07, 6.45) is 1.78. The van der Waals surface area contributed by atoms with Crippen LogP contribution >= 0.6 is 23.2 Å². The van der Waals surface area contributed by atoms with Crippen LogP contribution in [0.2, 0.25) is 10.0 Å². The first kappa shape index (κ1) is 12.4. The molecule has 0 atom stereocenters. The van der Waals surface area contributed by atoms with Gasteiger partial charge < -0.3 is 5.32 Å². The fraction of sp³-hybridized carbons (Fsp3) is 0.154. The molecule has 2 rings (SSSR count). The van der Waals surface area contributed by atoms with E-state index >= 15 is 0 Å². The van der Waals surface area contributed by atoms with Crippen LogP contribution < -0.4 is 5.32 Å². The lowest BCUT2D eigenvalue weighted by Crippen LogP contribution is -2.14. The number of hydrogen-bond acceptors (Lipinski definition) is 2. The highest BCUT2D eigenvalue weighted by atomic mass is 35.5. The van der Waals surface area contributed by atoms with Crippen LogP contribution in [0, 0.1) is 0 Å². The van der Waals surface area contributed by atoms with Gasteiger partial charge in [-0.1, -0.05) is 35.3 Å².